The Morgan fingerprint density at radius 3 is 2.55 bits per heavy atom. The molecule has 0 unspecified atom stereocenters. The second-order valence-electron chi connectivity index (χ2n) is 5.47. The van der Waals surface area contributed by atoms with Gasteiger partial charge >= 0.3 is 0 Å². The van der Waals surface area contributed by atoms with E-state index in [0.717, 1.165) is 12.8 Å². The van der Waals surface area contributed by atoms with Crippen LogP contribution in [0.4, 0.5) is 4.39 Å². The summed E-state index contributed by atoms with van der Waals surface area (Å²) in [6, 6.07) is 6.03. The quantitative estimate of drug-likeness (QED) is 0.873. The zero-order valence-electron chi connectivity index (χ0n) is 12.4. The van der Waals surface area contributed by atoms with Gasteiger partial charge in [-0.2, -0.15) is 5.10 Å². The van der Waals surface area contributed by atoms with Gasteiger partial charge in [-0.25, -0.2) is 4.39 Å². The zero-order chi connectivity index (χ0) is 15.5. The Kier molecular flexibility index (Phi) is 4.09. The minimum absolute atomic E-state index is 0.00771. The van der Waals surface area contributed by atoms with Crippen molar-refractivity contribution in [2.24, 2.45) is 7.05 Å². The number of likely N-dealkylation sites (tertiary alicyclic amines) is 1. The summed E-state index contributed by atoms with van der Waals surface area (Å²) in [4.78, 5) is 14.1. The molecule has 0 atom stereocenters. The second-order valence-corrected chi connectivity index (χ2v) is 5.47. The first-order valence-electron chi connectivity index (χ1n) is 7.32. The SMILES string of the molecule is Cn1cc(C(=O)N2CCC(Oc3ccc(F)cc3)CC2)cn1. The Labute approximate surface area is 128 Å². The van der Waals surface area contributed by atoms with Crippen molar-refractivity contribution in [3.05, 3.63) is 48.0 Å². The Hall–Kier alpha value is -2.37. The number of halogens is 1. The molecule has 116 valence electrons. The van der Waals surface area contributed by atoms with Gasteiger partial charge in [0, 0.05) is 39.2 Å². The number of carbonyl (C=O) groups is 1. The van der Waals surface area contributed by atoms with Crippen molar-refractivity contribution < 1.29 is 13.9 Å². The lowest BCUT2D eigenvalue weighted by atomic mass is 10.1. The number of piperidine rings is 1. The van der Waals surface area contributed by atoms with Crippen LogP contribution in [0.3, 0.4) is 0 Å². The molecule has 2 aromatic rings. The molecular weight excluding hydrogens is 285 g/mol. The summed E-state index contributed by atoms with van der Waals surface area (Å²) in [6.07, 6.45) is 4.91. The van der Waals surface area contributed by atoms with Gasteiger partial charge in [0.25, 0.3) is 5.91 Å². The molecule has 3 rings (SSSR count). The molecule has 1 aromatic carbocycles. The van der Waals surface area contributed by atoms with Gasteiger partial charge in [0.2, 0.25) is 0 Å². The van der Waals surface area contributed by atoms with Crippen LogP contribution < -0.4 is 4.74 Å². The largest absolute Gasteiger partial charge is 0.490 e. The molecule has 0 spiro atoms. The second kappa shape index (κ2) is 6.17. The summed E-state index contributed by atoms with van der Waals surface area (Å²) in [5.74, 6) is 0.399. The molecule has 1 amide bonds. The third kappa shape index (κ3) is 3.27. The summed E-state index contributed by atoms with van der Waals surface area (Å²) in [5, 5.41) is 4.02. The molecule has 2 heterocycles. The summed E-state index contributed by atoms with van der Waals surface area (Å²) < 4.78 is 20.3. The Morgan fingerprint density at radius 1 is 1.27 bits per heavy atom. The molecule has 1 aromatic heterocycles. The van der Waals surface area contributed by atoms with Gasteiger partial charge in [-0.05, 0) is 24.3 Å². The molecule has 0 saturated carbocycles. The minimum atomic E-state index is -0.274. The van der Waals surface area contributed by atoms with Crippen molar-refractivity contribution in [2.45, 2.75) is 18.9 Å². The number of carbonyl (C=O) groups excluding carboxylic acids is 1. The average molecular weight is 303 g/mol. The minimum Gasteiger partial charge on any atom is -0.490 e. The van der Waals surface area contributed by atoms with Crippen molar-refractivity contribution in [3.8, 4) is 5.75 Å². The molecule has 0 bridgehead atoms. The number of hydrogen-bond acceptors (Lipinski definition) is 3. The lowest BCUT2D eigenvalue weighted by Gasteiger charge is -2.32. The molecule has 6 heteroatoms. The molecule has 5 nitrogen and oxygen atoms in total. The standard InChI is InChI=1S/C16H18FN3O2/c1-19-11-12(10-18-19)16(21)20-8-6-15(7-9-20)22-14-4-2-13(17)3-5-14/h2-5,10-11,15H,6-9H2,1H3. The van der Waals surface area contributed by atoms with Crippen LogP contribution >= 0.6 is 0 Å². The maximum absolute atomic E-state index is 12.9. The summed E-state index contributed by atoms with van der Waals surface area (Å²) in [7, 11) is 1.79. The van der Waals surface area contributed by atoms with Gasteiger partial charge in [0.05, 0.1) is 11.8 Å². The van der Waals surface area contributed by atoms with E-state index in [2.05, 4.69) is 5.10 Å². The molecule has 0 N–H and O–H groups in total. The van der Waals surface area contributed by atoms with Crippen LogP contribution in [-0.4, -0.2) is 39.8 Å². The number of amides is 1. The van der Waals surface area contributed by atoms with Gasteiger partial charge in [0.1, 0.15) is 17.7 Å². The number of nitrogens with zero attached hydrogens (tertiary/aromatic N) is 3. The third-order valence-corrected chi connectivity index (χ3v) is 3.80. The van der Waals surface area contributed by atoms with Crippen LogP contribution in [-0.2, 0) is 7.05 Å². The molecule has 0 radical (unpaired) electrons. The number of aryl methyl sites for hydroxylation is 1. The molecule has 1 saturated heterocycles. The third-order valence-electron chi connectivity index (χ3n) is 3.80. The maximum Gasteiger partial charge on any atom is 0.257 e. The van der Waals surface area contributed by atoms with E-state index in [1.165, 1.54) is 12.1 Å². The molecular formula is C16H18FN3O2. The van der Waals surface area contributed by atoms with Gasteiger partial charge < -0.3 is 9.64 Å². The van der Waals surface area contributed by atoms with Crippen molar-refractivity contribution >= 4 is 5.91 Å². The highest BCUT2D eigenvalue weighted by molar-refractivity contribution is 5.93. The fourth-order valence-electron chi connectivity index (χ4n) is 2.60. The van der Waals surface area contributed by atoms with Crippen LogP contribution in [0.5, 0.6) is 5.75 Å². The van der Waals surface area contributed by atoms with Crippen LogP contribution in [0.1, 0.15) is 23.2 Å². The van der Waals surface area contributed by atoms with Crippen LogP contribution in [0.15, 0.2) is 36.7 Å². The Morgan fingerprint density at radius 2 is 1.95 bits per heavy atom. The van der Waals surface area contributed by atoms with E-state index in [1.807, 2.05) is 4.90 Å². The zero-order valence-corrected chi connectivity index (χ0v) is 12.4. The number of hydrogen-bond donors (Lipinski definition) is 0. The summed E-state index contributed by atoms with van der Waals surface area (Å²) in [5.41, 5.74) is 0.611. The van der Waals surface area contributed by atoms with Gasteiger partial charge in [0.15, 0.2) is 0 Å². The van der Waals surface area contributed by atoms with Crippen molar-refractivity contribution in [1.82, 2.24) is 14.7 Å². The molecule has 1 aliphatic rings. The van der Waals surface area contributed by atoms with E-state index in [9.17, 15) is 9.18 Å². The van der Waals surface area contributed by atoms with E-state index >= 15 is 0 Å². The number of ether oxygens (including phenoxy) is 1. The van der Waals surface area contributed by atoms with E-state index in [4.69, 9.17) is 4.74 Å². The fraction of sp³-hybridized carbons (Fsp3) is 0.375. The van der Waals surface area contributed by atoms with E-state index in [-0.39, 0.29) is 17.8 Å². The molecule has 22 heavy (non-hydrogen) atoms. The highest BCUT2D eigenvalue weighted by Crippen LogP contribution is 2.20. The van der Waals surface area contributed by atoms with Crippen molar-refractivity contribution in [3.63, 3.8) is 0 Å². The first-order chi connectivity index (χ1) is 10.6. The highest BCUT2D eigenvalue weighted by Gasteiger charge is 2.25. The molecule has 0 aliphatic carbocycles. The highest BCUT2D eigenvalue weighted by atomic mass is 19.1. The average Bonchev–Trinajstić information content (AvgIpc) is 2.96. The van der Waals surface area contributed by atoms with Gasteiger partial charge in [-0.3, -0.25) is 9.48 Å². The lowest BCUT2D eigenvalue weighted by molar-refractivity contribution is 0.0595. The lowest BCUT2D eigenvalue weighted by Crippen LogP contribution is -2.41. The van der Waals surface area contributed by atoms with E-state index in [1.54, 1.807) is 36.3 Å². The topological polar surface area (TPSA) is 47.4 Å². The molecule has 1 fully saturated rings. The summed E-state index contributed by atoms with van der Waals surface area (Å²) >= 11 is 0. The Balaban J connectivity index is 1.54. The fourth-order valence-corrected chi connectivity index (χ4v) is 2.60. The van der Waals surface area contributed by atoms with Crippen LogP contribution in [0.25, 0.3) is 0 Å². The smallest absolute Gasteiger partial charge is 0.257 e. The van der Waals surface area contributed by atoms with Gasteiger partial charge in [-0.1, -0.05) is 0 Å². The first kappa shape index (κ1) is 14.6. The normalized spacial score (nSPS) is 15.8. The monoisotopic (exact) mass is 303 g/mol. The Bertz CT molecular complexity index is 646. The predicted octanol–water partition coefficient (Wildman–Crippen LogP) is 2.24. The number of benzene rings is 1. The van der Waals surface area contributed by atoms with Crippen LogP contribution in [0.2, 0.25) is 0 Å². The summed E-state index contributed by atoms with van der Waals surface area (Å²) in [6.45, 7) is 1.30. The first-order valence-corrected chi connectivity index (χ1v) is 7.32. The van der Waals surface area contributed by atoms with Crippen LogP contribution in [0, 0.1) is 5.82 Å². The maximum atomic E-state index is 12.9. The van der Waals surface area contributed by atoms with Crippen molar-refractivity contribution in [1.29, 1.82) is 0 Å². The van der Waals surface area contributed by atoms with E-state index in [0.29, 0.717) is 24.4 Å². The number of rotatable bonds is 3. The molecule has 1 aliphatic heterocycles. The number of aromatic nitrogens is 2. The van der Waals surface area contributed by atoms with E-state index < -0.39 is 0 Å². The predicted molar refractivity (Wildman–Crippen MR) is 79.2 cm³/mol. The van der Waals surface area contributed by atoms with Gasteiger partial charge in [-0.15, -0.1) is 0 Å². The van der Waals surface area contributed by atoms with Crippen molar-refractivity contribution in [2.75, 3.05) is 13.1 Å².